The van der Waals surface area contributed by atoms with Crippen molar-refractivity contribution in [2.45, 2.75) is 65.3 Å². The molecule has 0 saturated heterocycles. The lowest BCUT2D eigenvalue weighted by molar-refractivity contribution is 0.0952. The number of nitrogens with zero attached hydrogens (tertiary/aromatic N) is 1. The highest BCUT2D eigenvalue weighted by Gasteiger charge is 2.22. The summed E-state index contributed by atoms with van der Waals surface area (Å²) in [7, 11) is 0. The van der Waals surface area contributed by atoms with Crippen LogP contribution in [0.25, 0.3) is 11.3 Å². The van der Waals surface area contributed by atoms with E-state index in [9.17, 15) is 4.79 Å². The Morgan fingerprint density at radius 2 is 1.89 bits per heavy atom. The minimum atomic E-state index is 0.0169. The first-order chi connectivity index (χ1) is 13.6. The topological polar surface area (TPSA) is 66.3 Å². The Labute approximate surface area is 168 Å². The molecule has 28 heavy (non-hydrogen) atoms. The average Bonchev–Trinajstić information content (AvgIpc) is 3.05. The van der Waals surface area contributed by atoms with Crippen molar-refractivity contribution in [1.29, 1.82) is 0 Å². The standard InChI is InChI=1S/C23H33N3O2/c1-3-4-14-24-23(27)21-15-22(19-10-12-20(25-28)13-11-19)26(17(21)2)16-18-8-6-5-7-9-18/h10-13,15,18,25,28H,3-9,14,16H2,1-2H3,(H,24,27). The van der Waals surface area contributed by atoms with E-state index in [0.717, 1.165) is 48.4 Å². The van der Waals surface area contributed by atoms with E-state index in [1.54, 1.807) is 0 Å². The fraction of sp³-hybridized carbons (Fsp3) is 0.522. The Hall–Kier alpha value is -2.27. The van der Waals surface area contributed by atoms with Gasteiger partial charge in [-0.05, 0) is 55.9 Å². The van der Waals surface area contributed by atoms with Crippen LogP contribution in [0.2, 0.25) is 0 Å². The normalized spacial score (nSPS) is 14.8. The maximum Gasteiger partial charge on any atom is 0.253 e. The predicted molar refractivity (Wildman–Crippen MR) is 114 cm³/mol. The van der Waals surface area contributed by atoms with Gasteiger partial charge < -0.3 is 9.88 Å². The SMILES string of the molecule is CCCCNC(=O)c1cc(-c2ccc(NO)cc2)n(CC2CCCCC2)c1C. The van der Waals surface area contributed by atoms with Crippen LogP contribution in [0.5, 0.6) is 0 Å². The maximum atomic E-state index is 12.8. The van der Waals surface area contributed by atoms with Gasteiger partial charge in [0.1, 0.15) is 0 Å². The summed E-state index contributed by atoms with van der Waals surface area (Å²) in [6, 6.07) is 9.71. The summed E-state index contributed by atoms with van der Waals surface area (Å²) in [5, 5.41) is 12.1. The first-order valence-electron chi connectivity index (χ1n) is 10.6. The van der Waals surface area contributed by atoms with Crippen molar-refractivity contribution in [2.24, 2.45) is 5.92 Å². The number of carbonyl (C=O) groups excluding carboxylic acids is 1. The minimum absolute atomic E-state index is 0.0169. The Morgan fingerprint density at radius 3 is 2.54 bits per heavy atom. The molecule has 1 saturated carbocycles. The molecule has 1 aromatic carbocycles. The largest absolute Gasteiger partial charge is 0.352 e. The van der Waals surface area contributed by atoms with Crippen LogP contribution in [0, 0.1) is 12.8 Å². The molecule has 0 aliphatic heterocycles. The lowest BCUT2D eigenvalue weighted by Crippen LogP contribution is -2.25. The Bertz CT molecular complexity index is 774. The zero-order valence-corrected chi connectivity index (χ0v) is 17.1. The van der Waals surface area contributed by atoms with Crippen LogP contribution in [0.3, 0.4) is 0 Å². The van der Waals surface area contributed by atoms with E-state index < -0.39 is 0 Å². The van der Waals surface area contributed by atoms with E-state index in [0.29, 0.717) is 11.6 Å². The second-order valence-electron chi connectivity index (χ2n) is 7.94. The average molecular weight is 384 g/mol. The van der Waals surface area contributed by atoms with Crippen molar-refractivity contribution >= 4 is 11.6 Å². The summed E-state index contributed by atoms with van der Waals surface area (Å²) in [6.45, 7) is 5.87. The predicted octanol–water partition coefficient (Wildman–Crippen LogP) is 5.37. The van der Waals surface area contributed by atoms with Gasteiger partial charge in [-0.2, -0.15) is 0 Å². The maximum absolute atomic E-state index is 12.8. The third kappa shape index (κ3) is 4.76. The number of anilines is 1. The molecule has 1 aromatic heterocycles. The fourth-order valence-electron chi connectivity index (χ4n) is 4.17. The van der Waals surface area contributed by atoms with Crippen LogP contribution in [-0.2, 0) is 6.54 Å². The van der Waals surface area contributed by atoms with E-state index >= 15 is 0 Å². The van der Waals surface area contributed by atoms with Gasteiger partial charge in [-0.3, -0.25) is 15.5 Å². The molecule has 5 nitrogen and oxygen atoms in total. The summed E-state index contributed by atoms with van der Waals surface area (Å²) < 4.78 is 2.33. The van der Waals surface area contributed by atoms with Crippen LogP contribution in [0.15, 0.2) is 30.3 Å². The van der Waals surface area contributed by atoms with Gasteiger partial charge in [-0.1, -0.05) is 44.7 Å². The molecular formula is C23H33N3O2. The van der Waals surface area contributed by atoms with Gasteiger partial charge in [0.15, 0.2) is 0 Å². The molecule has 1 fully saturated rings. The van der Waals surface area contributed by atoms with E-state index in [-0.39, 0.29) is 5.91 Å². The third-order valence-electron chi connectivity index (χ3n) is 5.90. The molecule has 152 valence electrons. The summed E-state index contributed by atoms with van der Waals surface area (Å²) in [5.74, 6) is 0.691. The molecule has 3 N–H and O–H groups in total. The summed E-state index contributed by atoms with van der Waals surface area (Å²) in [6.07, 6.45) is 8.55. The van der Waals surface area contributed by atoms with Crippen molar-refractivity contribution in [3.63, 3.8) is 0 Å². The van der Waals surface area contributed by atoms with Gasteiger partial charge in [-0.25, -0.2) is 0 Å². The number of benzene rings is 1. The molecule has 1 aliphatic carbocycles. The molecule has 2 aromatic rings. The lowest BCUT2D eigenvalue weighted by Gasteiger charge is -2.24. The van der Waals surface area contributed by atoms with Crippen molar-refractivity contribution in [3.05, 3.63) is 41.6 Å². The molecule has 0 bridgehead atoms. The number of hydrogen-bond donors (Lipinski definition) is 3. The van der Waals surface area contributed by atoms with Crippen LogP contribution in [0.1, 0.15) is 67.9 Å². The molecule has 3 rings (SSSR count). The number of amides is 1. The van der Waals surface area contributed by atoms with Gasteiger partial charge in [0.05, 0.1) is 11.3 Å². The van der Waals surface area contributed by atoms with Gasteiger partial charge in [0.2, 0.25) is 0 Å². The molecule has 1 amide bonds. The van der Waals surface area contributed by atoms with Crippen LogP contribution < -0.4 is 10.8 Å². The first kappa shape index (κ1) is 20.5. The summed E-state index contributed by atoms with van der Waals surface area (Å²) >= 11 is 0. The number of carbonyl (C=O) groups is 1. The van der Waals surface area contributed by atoms with Crippen LogP contribution in [-0.4, -0.2) is 22.2 Å². The monoisotopic (exact) mass is 383 g/mol. The summed E-state index contributed by atoms with van der Waals surface area (Å²) in [5.41, 5.74) is 6.78. The van der Waals surface area contributed by atoms with Gasteiger partial charge in [-0.15, -0.1) is 0 Å². The van der Waals surface area contributed by atoms with Crippen molar-refractivity contribution in [3.8, 4) is 11.3 Å². The van der Waals surface area contributed by atoms with E-state index in [2.05, 4.69) is 29.2 Å². The minimum Gasteiger partial charge on any atom is -0.352 e. The van der Waals surface area contributed by atoms with Crippen molar-refractivity contribution in [1.82, 2.24) is 9.88 Å². The highest BCUT2D eigenvalue weighted by atomic mass is 16.5. The van der Waals surface area contributed by atoms with E-state index in [4.69, 9.17) is 5.21 Å². The molecule has 0 radical (unpaired) electrons. The van der Waals surface area contributed by atoms with Gasteiger partial charge in [0.25, 0.3) is 5.91 Å². The highest BCUT2D eigenvalue weighted by Crippen LogP contribution is 2.31. The lowest BCUT2D eigenvalue weighted by atomic mass is 9.89. The van der Waals surface area contributed by atoms with E-state index in [1.165, 1.54) is 32.1 Å². The second kappa shape index (κ2) is 9.78. The number of nitrogens with one attached hydrogen (secondary N) is 2. The zero-order valence-electron chi connectivity index (χ0n) is 17.1. The number of unbranched alkanes of at least 4 members (excludes halogenated alkanes) is 1. The Balaban J connectivity index is 1.92. The number of rotatable bonds is 8. The smallest absolute Gasteiger partial charge is 0.253 e. The van der Waals surface area contributed by atoms with Crippen molar-refractivity contribution < 1.29 is 10.0 Å². The van der Waals surface area contributed by atoms with Gasteiger partial charge >= 0.3 is 0 Å². The number of hydrogen-bond acceptors (Lipinski definition) is 3. The summed E-state index contributed by atoms with van der Waals surface area (Å²) in [4.78, 5) is 12.8. The highest BCUT2D eigenvalue weighted by molar-refractivity contribution is 5.97. The molecule has 0 unspecified atom stereocenters. The molecule has 0 spiro atoms. The van der Waals surface area contributed by atoms with Gasteiger partial charge in [0, 0.05) is 24.5 Å². The van der Waals surface area contributed by atoms with Crippen molar-refractivity contribution in [2.75, 3.05) is 12.0 Å². The Morgan fingerprint density at radius 1 is 1.18 bits per heavy atom. The van der Waals surface area contributed by atoms with Crippen LogP contribution in [0.4, 0.5) is 5.69 Å². The third-order valence-corrected chi connectivity index (χ3v) is 5.90. The molecule has 1 aliphatic rings. The molecular weight excluding hydrogens is 350 g/mol. The zero-order chi connectivity index (χ0) is 19.9. The molecule has 1 heterocycles. The quantitative estimate of drug-likeness (QED) is 0.424. The van der Waals surface area contributed by atoms with E-state index in [1.807, 2.05) is 30.3 Å². The molecule has 5 heteroatoms. The Kier molecular flexibility index (Phi) is 7.15. The first-order valence-corrected chi connectivity index (χ1v) is 10.6. The fourth-order valence-corrected chi connectivity index (χ4v) is 4.17. The second-order valence-corrected chi connectivity index (χ2v) is 7.94. The number of aromatic nitrogens is 1. The van der Waals surface area contributed by atoms with Crippen LogP contribution >= 0.6 is 0 Å². The molecule has 0 atom stereocenters.